The van der Waals surface area contributed by atoms with Gasteiger partial charge in [-0.3, -0.25) is 9.59 Å². The molecule has 0 radical (unpaired) electrons. The van der Waals surface area contributed by atoms with Crippen LogP contribution in [0.15, 0.2) is 18.2 Å². The van der Waals surface area contributed by atoms with Gasteiger partial charge in [0.1, 0.15) is 0 Å². The Morgan fingerprint density at radius 2 is 1.58 bits per heavy atom. The first kappa shape index (κ1) is 17.4. The lowest BCUT2D eigenvalue weighted by molar-refractivity contribution is -0.137. The van der Waals surface area contributed by atoms with Crippen LogP contribution in [0.2, 0.25) is 0 Å². The van der Waals surface area contributed by atoms with E-state index in [0.717, 1.165) is 25.0 Å². The minimum Gasteiger partial charge on any atom is -0.335 e. The highest BCUT2D eigenvalue weighted by molar-refractivity contribution is 7.91. The Bertz CT molecular complexity index is 885. The standard InChI is InChI=1S/C17H18F2N2O4S/c18-12-4-3-11(7-13(12)19)17(23)21-6-5-20(16(22)10-1-2-10)14-8-26(24,25)9-15(14)21/h3-4,7,10,14-15H,1-2,5-6,8-9H2/t14-,15+/m1/s1. The van der Waals surface area contributed by atoms with E-state index in [0.29, 0.717) is 0 Å². The summed E-state index contributed by atoms with van der Waals surface area (Å²) in [6.45, 7) is 0.425. The van der Waals surface area contributed by atoms with Gasteiger partial charge in [0, 0.05) is 24.6 Å². The Morgan fingerprint density at radius 1 is 0.962 bits per heavy atom. The topological polar surface area (TPSA) is 74.8 Å². The van der Waals surface area contributed by atoms with Crippen molar-refractivity contribution in [3.63, 3.8) is 0 Å². The molecule has 9 heteroatoms. The number of piperazine rings is 1. The Hall–Kier alpha value is -2.03. The van der Waals surface area contributed by atoms with Crippen LogP contribution >= 0.6 is 0 Å². The number of hydrogen-bond acceptors (Lipinski definition) is 4. The van der Waals surface area contributed by atoms with E-state index in [2.05, 4.69) is 0 Å². The first-order chi connectivity index (χ1) is 12.3. The number of carbonyl (C=O) groups excluding carboxylic acids is 2. The number of sulfone groups is 1. The molecule has 3 aliphatic rings. The van der Waals surface area contributed by atoms with Crippen LogP contribution in [0.25, 0.3) is 0 Å². The molecule has 1 saturated carbocycles. The van der Waals surface area contributed by atoms with Crippen LogP contribution in [0.1, 0.15) is 23.2 Å². The first-order valence-corrected chi connectivity index (χ1v) is 10.4. The van der Waals surface area contributed by atoms with Gasteiger partial charge in [0.25, 0.3) is 5.91 Å². The highest BCUT2D eigenvalue weighted by atomic mass is 32.2. The average molecular weight is 384 g/mol. The number of benzene rings is 1. The molecule has 1 aromatic carbocycles. The average Bonchev–Trinajstić information content (AvgIpc) is 3.37. The van der Waals surface area contributed by atoms with Crippen LogP contribution in [0.4, 0.5) is 8.78 Å². The fraction of sp³-hybridized carbons (Fsp3) is 0.529. The van der Waals surface area contributed by atoms with Crippen LogP contribution in [0.3, 0.4) is 0 Å². The summed E-state index contributed by atoms with van der Waals surface area (Å²) in [5, 5.41) is 0. The predicted molar refractivity (Wildman–Crippen MR) is 88.1 cm³/mol. The van der Waals surface area contributed by atoms with Gasteiger partial charge < -0.3 is 9.80 Å². The molecule has 4 rings (SSSR count). The SMILES string of the molecule is O=C(C1CC1)N1CCN(C(=O)c2ccc(F)c(F)c2)[C@H]2CS(=O)(=O)C[C@H]21. The molecule has 0 N–H and O–H groups in total. The summed E-state index contributed by atoms with van der Waals surface area (Å²) >= 11 is 0. The fourth-order valence-electron chi connectivity index (χ4n) is 3.84. The summed E-state index contributed by atoms with van der Waals surface area (Å²) in [6, 6.07) is 1.64. The van der Waals surface area contributed by atoms with Crippen molar-refractivity contribution in [2.24, 2.45) is 5.92 Å². The van der Waals surface area contributed by atoms with Crippen molar-refractivity contribution in [3.8, 4) is 0 Å². The van der Waals surface area contributed by atoms with Crippen LogP contribution in [0, 0.1) is 17.6 Å². The Morgan fingerprint density at radius 3 is 2.19 bits per heavy atom. The summed E-state index contributed by atoms with van der Waals surface area (Å²) in [5.74, 6) is -3.20. The highest BCUT2D eigenvalue weighted by Crippen LogP contribution is 2.35. The second kappa shape index (κ2) is 6.00. The third-order valence-corrected chi connectivity index (χ3v) is 7.01. The van der Waals surface area contributed by atoms with Crippen molar-refractivity contribution in [3.05, 3.63) is 35.4 Å². The second-order valence-electron chi connectivity index (χ2n) is 7.14. The van der Waals surface area contributed by atoms with E-state index in [4.69, 9.17) is 0 Å². The van der Waals surface area contributed by atoms with Gasteiger partial charge in [-0.25, -0.2) is 17.2 Å². The lowest BCUT2D eigenvalue weighted by Crippen LogP contribution is -2.62. The van der Waals surface area contributed by atoms with Gasteiger partial charge in [0.05, 0.1) is 23.6 Å². The van der Waals surface area contributed by atoms with Crippen LogP contribution in [-0.4, -0.2) is 66.7 Å². The Labute approximate surface area is 149 Å². The van der Waals surface area contributed by atoms with Crippen molar-refractivity contribution < 1.29 is 26.8 Å². The number of carbonyl (C=O) groups is 2. The van der Waals surface area contributed by atoms with Gasteiger partial charge >= 0.3 is 0 Å². The summed E-state index contributed by atoms with van der Waals surface area (Å²) in [4.78, 5) is 28.2. The number of rotatable bonds is 2. The maximum absolute atomic E-state index is 13.5. The molecule has 0 aromatic heterocycles. The van der Waals surface area contributed by atoms with Crippen molar-refractivity contribution in [2.75, 3.05) is 24.6 Å². The third-order valence-electron chi connectivity index (χ3n) is 5.31. The molecule has 3 fully saturated rings. The summed E-state index contributed by atoms with van der Waals surface area (Å²) in [5.41, 5.74) is -0.0334. The normalized spacial score (nSPS) is 27.3. The zero-order valence-electron chi connectivity index (χ0n) is 13.9. The van der Waals surface area contributed by atoms with Crippen molar-refractivity contribution in [2.45, 2.75) is 24.9 Å². The van der Waals surface area contributed by atoms with Gasteiger partial charge in [-0.2, -0.15) is 0 Å². The molecule has 1 aromatic rings. The number of nitrogens with zero attached hydrogens (tertiary/aromatic N) is 2. The predicted octanol–water partition coefficient (Wildman–Crippen LogP) is 0.825. The molecule has 0 bridgehead atoms. The van der Waals surface area contributed by atoms with Crippen LogP contribution < -0.4 is 0 Å². The summed E-state index contributed by atoms with van der Waals surface area (Å²) in [6.07, 6.45) is 1.63. The lowest BCUT2D eigenvalue weighted by atomic mass is 10.0. The molecule has 140 valence electrons. The van der Waals surface area contributed by atoms with Gasteiger partial charge in [-0.1, -0.05) is 0 Å². The van der Waals surface area contributed by atoms with Gasteiger partial charge in [0.2, 0.25) is 5.91 Å². The molecule has 1 aliphatic carbocycles. The molecule has 26 heavy (non-hydrogen) atoms. The smallest absolute Gasteiger partial charge is 0.254 e. The first-order valence-electron chi connectivity index (χ1n) is 8.54. The lowest BCUT2D eigenvalue weighted by Gasteiger charge is -2.44. The van der Waals surface area contributed by atoms with E-state index < -0.39 is 39.5 Å². The van der Waals surface area contributed by atoms with Crippen molar-refractivity contribution in [1.29, 1.82) is 0 Å². The molecule has 2 heterocycles. The summed E-state index contributed by atoms with van der Waals surface area (Å²) < 4.78 is 50.9. The van der Waals surface area contributed by atoms with E-state index in [1.165, 1.54) is 11.0 Å². The molecule has 0 unspecified atom stereocenters. The maximum Gasteiger partial charge on any atom is 0.254 e. The number of amides is 2. The van der Waals surface area contributed by atoms with E-state index in [1.54, 1.807) is 4.90 Å². The maximum atomic E-state index is 13.5. The van der Waals surface area contributed by atoms with E-state index in [-0.39, 0.29) is 42.0 Å². The molecular formula is C17H18F2N2O4S. The molecule has 2 aliphatic heterocycles. The Kier molecular flexibility index (Phi) is 4.02. The highest BCUT2D eigenvalue weighted by Gasteiger charge is 2.51. The Balaban J connectivity index is 1.62. The quantitative estimate of drug-likeness (QED) is 0.757. The number of halogens is 2. The van der Waals surface area contributed by atoms with Gasteiger partial charge in [-0.05, 0) is 31.0 Å². The van der Waals surface area contributed by atoms with Gasteiger partial charge in [-0.15, -0.1) is 0 Å². The molecule has 0 spiro atoms. The minimum atomic E-state index is -3.39. The van der Waals surface area contributed by atoms with Crippen molar-refractivity contribution in [1.82, 2.24) is 9.80 Å². The monoisotopic (exact) mass is 384 g/mol. The molecule has 6 nitrogen and oxygen atoms in total. The van der Waals surface area contributed by atoms with Gasteiger partial charge in [0.15, 0.2) is 21.5 Å². The van der Waals surface area contributed by atoms with Crippen LogP contribution in [-0.2, 0) is 14.6 Å². The van der Waals surface area contributed by atoms with Crippen molar-refractivity contribution >= 4 is 21.7 Å². The second-order valence-corrected chi connectivity index (χ2v) is 9.30. The fourth-order valence-corrected chi connectivity index (χ4v) is 5.82. The third kappa shape index (κ3) is 2.98. The van der Waals surface area contributed by atoms with E-state index in [9.17, 15) is 26.8 Å². The summed E-state index contributed by atoms with van der Waals surface area (Å²) in [7, 11) is -3.39. The van der Waals surface area contributed by atoms with E-state index in [1.807, 2.05) is 0 Å². The molecule has 2 amide bonds. The molecule has 2 atom stereocenters. The zero-order chi connectivity index (χ0) is 18.6. The zero-order valence-corrected chi connectivity index (χ0v) is 14.7. The largest absolute Gasteiger partial charge is 0.335 e. The minimum absolute atomic E-state index is 0.0334. The molecular weight excluding hydrogens is 366 g/mol. The van der Waals surface area contributed by atoms with E-state index >= 15 is 0 Å². The number of hydrogen-bond donors (Lipinski definition) is 0. The van der Waals surface area contributed by atoms with Crippen LogP contribution in [0.5, 0.6) is 0 Å². The molecule has 2 saturated heterocycles. The number of fused-ring (bicyclic) bond motifs is 1.